The highest BCUT2D eigenvalue weighted by Gasteiger charge is 2.19. The van der Waals surface area contributed by atoms with Crippen LogP contribution < -0.4 is 0 Å². The molecule has 0 radical (unpaired) electrons. The van der Waals surface area contributed by atoms with Gasteiger partial charge in [0.05, 0.1) is 6.10 Å². The Hall–Kier alpha value is -0.340. The molecule has 0 saturated carbocycles. The Labute approximate surface area is 90.8 Å². The molecule has 1 rings (SSSR count). The van der Waals surface area contributed by atoms with Crippen LogP contribution in [0.1, 0.15) is 50.5 Å². The normalized spacial score (nSPS) is 14.8. The van der Waals surface area contributed by atoms with Crippen molar-refractivity contribution in [3.8, 4) is 0 Å². The molecule has 0 aromatic carbocycles. The Morgan fingerprint density at radius 3 is 2.14 bits per heavy atom. The van der Waals surface area contributed by atoms with E-state index in [-0.39, 0.29) is 11.5 Å². The summed E-state index contributed by atoms with van der Waals surface area (Å²) in [5, 5.41) is 9.89. The van der Waals surface area contributed by atoms with Gasteiger partial charge in [-0.15, -0.1) is 11.3 Å². The SMILES string of the molecule is CC(C)C(O)c1ccc(C(C)(C)C)s1. The first-order valence-corrected chi connectivity index (χ1v) is 5.92. The molecule has 1 aromatic rings. The molecule has 2 heteroatoms. The standard InChI is InChI=1S/C12H20OS/c1-8(2)11(13)9-6-7-10(14-9)12(3,4)5/h6-8,11,13H,1-5H3. The van der Waals surface area contributed by atoms with E-state index in [9.17, 15) is 5.11 Å². The number of aliphatic hydroxyl groups is 1. The van der Waals surface area contributed by atoms with Crippen LogP contribution in [0.4, 0.5) is 0 Å². The van der Waals surface area contributed by atoms with Crippen LogP contribution in [0.5, 0.6) is 0 Å². The van der Waals surface area contributed by atoms with Gasteiger partial charge in [0.15, 0.2) is 0 Å². The first-order chi connectivity index (χ1) is 6.32. The molecule has 1 N–H and O–H groups in total. The van der Waals surface area contributed by atoms with Crippen LogP contribution in [-0.4, -0.2) is 5.11 Å². The summed E-state index contributed by atoms with van der Waals surface area (Å²) >= 11 is 1.73. The zero-order valence-corrected chi connectivity index (χ0v) is 10.5. The second-order valence-electron chi connectivity index (χ2n) is 5.14. The van der Waals surface area contributed by atoms with Gasteiger partial charge in [-0.3, -0.25) is 0 Å². The maximum atomic E-state index is 9.89. The highest BCUT2D eigenvalue weighted by atomic mass is 32.1. The average Bonchev–Trinajstić information content (AvgIpc) is 2.49. The summed E-state index contributed by atoms with van der Waals surface area (Å²) in [5.41, 5.74) is 0.194. The molecular formula is C12H20OS. The van der Waals surface area contributed by atoms with Gasteiger partial charge in [0.25, 0.3) is 0 Å². The summed E-state index contributed by atoms with van der Waals surface area (Å²) in [5.74, 6) is 0.293. The van der Waals surface area contributed by atoms with Gasteiger partial charge in [0, 0.05) is 9.75 Å². The van der Waals surface area contributed by atoms with E-state index in [0.717, 1.165) is 4.88 Å². The topological polar surface area (TPSA) is 20.2 Å². The number of rotatable bonds is 2. The Morgan fingerprint density at radius 2 is 1.79 bits per heavy atom. The quantitative estimate of drug-likeness (QED) is 0.792. The number of hydrogen-bond donors (Lipinski definition) is 1. The van der Waals surface area contributed by atoms with E-state index in [2.05, 4.69) is 32.9 Å². The minimum absolute atomic E-state index is 0.194. The van der Waals surface area contributed by atoms with Crippen LogP contribution >= 0.6 is 11.3 Å². The third-order valence-electron chi connectivity index (χ3n) is 2.29. The molecule has 0 saturated heterocycles. The van der Waals surface area contributed by atoms with Crippen molar-refractivity contribution in [3.63, 3.8) is 0 Å². The van der Waals surface area contributed by atoms with Crippen molar-refractivity contribution >= 4 is 11.3 Å². The van der Waals surface area contributed by atoms with Crippen molar-refractivity contribution in [3.05, 3.63) is 21.9 Å². The van der Waals surface area contributed by atoms with E-state index in [1.807, 2.05) is 13.8 Å². The Morgan fingerprint density at radius 1 is 1.21 bits per heavy atom. The maximum Gasteiger partial charge on any atom is 0.0904 e. The second-order valence-corrected chi connectivity index (χ2v) is 6.26. The van der Waals surface area contributed by atoms with E-state index in [0.29, 0.717) is 5.92 Å². The molecule has 14 heavy (non-hydrogen) atoms. The smallest absolute Gasteiger partial charge is 0.0904 e. The van der Waals surface area contributed by atoms with Crippen LogP contribution in [0.3, 0.4) is 0 Å². The van der Waals surface area contributed by atoms with Crippen molar-refractivity contribution in [1.82, 2.24) is 0 Å². The molecule has 1 atom stereocenters. The Balaban J connectivity index is 2.89. The number of hydrogen-bond acceptors (Lipinski definition) is 2. The minimum atomic E-state index is -0.309. The molecular weight excluding hydrogens is 192 g/mol. The van der Waals surface area contributed by atoms with Crippen molar-refractivity contribution in [2.45, 2.75) is 46.1 Å². The van der Waals surface area contributed by atoms with Crippen molar-refractivity contribution in [2.24, 2.45) is 5.92 Å². The maximum absolute atomic E-state index is 9.89. The van der Waals surface area contributed by atoms with Crippen LogP contribution in [-0.2, 0) is 5.41 Å². The fourth-order valence-electron chi connectivity index (χ4n) is 1.24. The van der Waals surface area contributed by atoms with Crippen LogP contribution in [0.15, 0.2) is 12.1 Å². The lowest BCUT2D eigenvalue weighted by atomic mass is 9.95. The molecule has 0 amide bonds. The van der Waals surface area contributed by atoms with Gasteiger partial charge in [0.1, 0.15) is 0 Å². The summed E-state index contributed by atoms with van der Waals surface area (Å²) in [7, 11) is 0. The largest absolute Gasteiger partial charge is 0.387 e. The predicted molar refractivity (Wildman–Crippen MR) is 62.8 cm³/mol. The summed E-state index contributed by atoms with van der Waals surface area (Å²) in [6.07, 6.45) is -0.309. The van der Waals surface area contributed by atoms with Gasteiger partial charge in [-0.1, -0.05) is 34.6 Å². The lowest BCUT2D eigenvalue weighted by Crippen LogP contribution is -2.08. The van der Waals surface area contributed by atoms with E-state index in [1.165, 1.54) is 4.88 Å². The first kappa shape index (κ1) is 11.7. The number of thiophene rings is 1. The zero-order valence-electron chi connectivity index (χ0n) is 9.66. The third kappa shape index (κ3) is 2.58. The summed E-state index contributed by atoms with van der Waals surface area (Å²) in [4.78, 5) is 2.43. The van der Waals surface area contributed by atoms with E-state index in [4.69, 9.17) is 0 Å². The molecule has 1 unspecified atom stereocenters. The summed E-state index contributed by atoms with van der Waals surface area (Å²) in [6, 6.07) is 4.18. The molecule has 0 fully saturated rings. The van der Waals surface area contributed by atoms with Crippen molar-refractivity contribution < 1.29 is 5.11 Å². The van der Waals surface area contributed by atoms with E-state index >= 15 is 0 Å². The number of aliphatic hydroxyl groups excluding tert-OH is 1. The van der Waals surface area contributed by atoms with E-state index in [1.54, 1.807) is 11.3 Å². The van der Waals surface area contributed by atoms with Crippen LogP contribution in [0, 0.1) is 5.92 Å². The van der Waals surface area contributed by atoms with Gasteiger partial charge in [-0.25, -0.2) is 0 Å². The van der Waals surface area contributed by atoms with Gasteiger partial charge < -0.3 is 5.11 Å². The highest BCUT2D eigenvalue weighted by Crippen LogP contribution is 2.34. The molecule has 1 heterocycles. The second kappa shape index (κ2) is 4.03. The fourth-order valence-corrected chi connectivity index (χ4v) is 2.47. The zero-order chi connectivity index (χ0) is 10.9. The lowest BCUT2D eigenvalue weighted by molar-refractivity contribution is 0.130. The fraction of sp³-hybridized carbons (Fsp3) is 0.667. The first-order valence-electron chi connectivity index (χ1n) is 5.10. The van der Waals surface area contributed by atoms with Crippen LogP contribution in [0.25, 0.3) is 0 Å². The van der Waals surface area contributed by atoms with Crippen LogP contribution in [0.2, 0.25) is 0 Å². The third-order valence-corrected chi connectivity index (χ3v) is 3.87. The molecule has 0 spiro atoms. The monoisotopic (exact) mass is 212 g/mol. The van der Waals surface area contributed by atoms with E-state index < -0.39 is 0 Å². The molecule has 0 aliphatic carbocycles. The predicted octanol–water partition coefficient (Wildman–Crippen LogP) is 3.74. The van der Waals surface area contributed by atoms with Crippen molar-refractivity contribution in [1.29, 1.82) is 0 Å². The van der Waals surface area contributed by atoms with Gasteiger partial charge in [-0.2, -0.15) is 0 Å². The average molecular weight is 212 g/mol. The van der Waals surface area contributed by atoms with Gasteiger partial charge in [-0.05, 0) is 23.5 Å². The van der Waals surface area contributed by atoms with Gasteiger partial charge in [0.2, 0.25) is 0 Å². The molecule has 0 aliphatic rings. The molecule has 80 valence electrons. The Bertz CT molecular complexity index is 294. The molecule has 0 aliphatic heterocycles. The highest BCUT2D eigenvalue weighted by molar-refractivity contribution is 7.12. The van der Waals surface area contributed by atoms with Crippen molar-refractivity contribution in [2.75, 3.05) is 0 Å². The molecule has 1 nitrogen and oxygen atoms in total. The summed E-state index contributed by atoms with van der Waals surface area (Å²) in [6.45, 7) is 10.7. The minimum Gasteiger partial charge on any atom is -0.387 e. The van der Waals surface area contributed by atoms with Gasteiger partial charge >= 0.3 is 0 Å². The Kier molecular flexibility index (Phi) is 3.38. The molecule has 0 bridgehead atoms. The summed E-state index contributed by atoms with van der Waals surface area (Å²) < 4.78 is 0. The lowest BCUT2D eigenvalue weighted by Gasteiger charge is -2.16. The molecule has 1 aromatic heterocycles.